The molecule has 1 radical (unpaired) electrons. The van der Waals surface area contributed by atoms with Crippen molar-refractivity contribution >= 4 is 17.7 Å². The Morgan fingerprint density at radius 3 is 2.91 bits per heavy atom. The van der Waals surface area contributed by atoms with Gasteiger partial charge in [-0.1, -0.05) is 24.9 Å². The lowest BCUT2D eigenvalue weighted by Crippen LogP contribution is -2.12. The molecule has 0 saturated heterocycles. The number of carboxylic acid groups (broad SMARTS) is 1. The lowest BCUT2D eigenvalue weighted by molar-refractivity contribution is 0.0515. The number of unbranched alkanes of at least 4 members (excludes halogenated alkanes) is 1. The van der Waals surface area contributed by atoms with E-state index in [1.54, 1.807) is 18.2 Å². The Hall–Kier alpha value is -2.05. The molecular formula is C16H18ClN2O4. The molecule has 2 aromatic rings. The van der Waals surface area contributed by atoms with Gasteiger partial charge in [0.25, 0.3) is 0 Å². The molecule has 0 spiro atoms. The van der Waals surface area contributed by atoms with Crippen LogP contribution in [0, 0.1) is 6.07 Å². The van der Waals surface area contributed by atoms with Gasteiger partial charge in [-0.15, -0.1) is 0 Å². The van der Waals surface area contributed by atoms with Crippen molar-refractivity contribution in [2.45, 2.75) is 26.2 Å². The number of benzene rings is 1. The van der Waals surface area contributed by atoms with Crippen LogP contribution in [-0.4, -0.2) is 34.9 Å². The molecule has 6 nitrogen and oxygen atoms in total. The van der Waals surface area contributed by atoms with E-state index in [1.165, 1.54) is 7.11 Å². The zero-order chi connectivity index (χ0) is 16.8. The lowest BCUT2D eigenvalue weighted by Gasteiger charge is -2.11. The molecule has 1 aromatic heterocycles. The topological polar surface area (TPSA) is 73.6 Å². The third kappa shape index (κ3) is 4.24. The van der Waals surface area contributed by atoms with E-state index in [0.29, 0.717) is 34.1 Å². The first-order chi connectivity index (χ1) is 11.1. The highest BCUT2D eigenvalue weighted by Crippen LogP contribution is 2.33. The summed E-state index contributed by atoms with van der Waals surface area (Å²) >= 11 is 5.99. The van der Waals surface area contributed by atoms with Crippen LogP contribution < -0.4 is 4.74 Å². The molecule has 7 heteroatoms. The molecule has 123 valence electrons. The van der Waals surface area contributed by atoms with Crippen molar-refractivity contribution in [3.63, 3.8) is 0 Å². The summed E-state index contributed by atoms with van der Waals surface area (Å²) in [6, 6.07) is 8.01. The fourth-order valence-corrected chi connectivity index (χ4v) is 2.26. The molecule has 0 aliphatic rings. The lowest BCUT2D eigenvalue weighted by atomic mass is 10.1. The Kier molecular flexibility index (Phi) is 6.01. The minimum Gasteiger partial charge on any atom is -0.467 e. The monoisotopic (exact) mass is 337 g/mol. The maximum absolute atomic E-state index is 11.5. The fourth-order valence-electron chi connectivity index (χ4n) is 2.10. The first-order valence-electron chi connectivity index (χ1n) is 7.23. The number of hydrogen-bond donors (Lipinski definition) is 1. The standard InChI is InChI=1S/C16H18ClN2O4/c1-3-4-5-12-9-14(19(18-12)16(20)21)13-7-6-11(17)8-15(13)23-10-22-2/h6-8H,3-5,10H2,1-2H3,(H,20,21). The van der Waals surface area contributed by atoms with E-state index in [4.69, 9.17) is 21.1 Å². The maximum Gasteiger partial charge on any atom is 0.432 e. The smallest absolute Gasteiger partial charge is 0.432 e. The third-order valence-electron chi connectivity index (χ3n) is 3.17. The summed E-state index contributed by atoms with van der Waals surface area (Å²) in [7, 11) is 1.50. The van der Waals surface area contributed by atoms with Gasteiger partial charge < -0.3 is 14.6 Å². The van der Waals surface area contributed by atoms with Crippen molar-refractivity contribution in [2.75, 3.05) is 13.9 Å². The van der Waals surface area contributed by atoms with Gasteiger partial charge in [0, 0.05) is 23.8 Å². The van der Waals surface area contributed by atoms with Crippen molar-refractivity contribution in [2.24, 2.45) is 0 Å². The van der Waals surface area contributed by atoms with Crippen LogP contribution in [0.5, 0.6) is 5.75 Å². The molecule has 0 amide bonds. The molecule has 1 heterocycles. The van der Waals surface area contributed by atoms with E-state index in [9.17, 15) is 9.90 Å². The van der Waals surface area contributed by atoms with Gasteiger partial charge in [0.15, 0.2) is 6.79 Å². The first kappa shape index (κ1) is 17.3. The summed E-state index contributed by atoms with van der Waals surface area (Å²) in [5.41, 5.74) is 1.48. The minimum atomic E-state index is -1.17. The van der Waals surface area contributed by atoms with E-state index >= 15 is 0 Å². The Balaban J connectivity index is 2.47. The van der Waals surface area contributed by atoms with Crippen molar-refractivity contribution in [1.29, 1.82) is 0 Å². The normalized spacial score (nSPS) is 10.7. The second kappa shape index (κ2) is 7.99. The maximum atomic E-state index is 11.5. The Morgan fingerprint density at radius 1 is 1.48 bits per heavy atom. The zero-order valence-electron chi connectivity index (χ0n) is 13.0. The van der Waals surface area contributed by atoms with Gasteiger partial charge in [-0.3, -0.25) is 0 Å². The Bertz CT molecular complexity index is 685. The van der Waals surface area contributed by atoms with Crippen LogP contribution in [0.1, 0.15) is 25.5 Å². The summed E-state index contributed by atoms with van der Waals surface area (Å²) in [5.74, 6) is 0.417. The van der Waals surface area contributed by atoms with Crippen LogP contribution in [-0.2, 0) is 11.2 Å². The number of methoxy groups -OCH3 is 1. The molecule has 0 bridgehead atoms. The van der Waals surface area contributed by atoms with Gasteiger partial charge in [0.2, 0.25) is 0 Å². The second-order valence-corrected chi connectivity index (χ2v) is 5.35. The second-order valence-electron chi connectivity index (χ2n) is 4.91. The van der Waals surface area contributed by atoms with Gasteiger partial charge >= 0.3 is 6.09 Å². The number of aryl methyl sites for hydroxylation is 1. The molecule has 0 aliphatic carbocycles. The number of carbonyl (C=O) groups is 1. The van der Waals surface area contributed by atoms with Crippen molar-refractivity contribution in [3.05, 3.63) is 35.0 Å². The minimum absolute atomic E-state index is 0.0250. The highest BCUT2D eigenvalue weighted by molar-refractivity contribution is 6.30. The number of hydrogen-bond acceptors (Lipinski definition) is 4. The van der Waals surface area contributed by atoms with E-state index < -0.39 is 6.09 Å². The zero-order valence-corrected chi connectivity index (χ0v) is 13.8. The van der Waals surface area contributed by atoms with Crippen LogP contribution in [0.3, 0.4) is 0 Å². The number of aromatic nitrogens is 2. The highest BCUT2D eigenvalue weighted by Gasteiger charge is 2.19. The van der Waals surface area contributed by atoms with Crippen LogP contribution in [0.15, 0.2) is 18.2 Å². The number of ether oxygens (including phenoxy) is 2. The van der Waals surface area contributed by atoms with Gasteiger partial charge in [0.05, 0.1) is 11.4 Å². The average molecular weight is 338 g/mol. The molecule has 23 heavy (non-hydrogen) atoms. The van der Waals surface area contributed by atoms with Gasteiger partial charge in [-0.25, -0.2) is 4.79 Å². The Labute approximate surface area is 139 Å². The summed E-state index contributed by atoms with van der Waals surface area (Å²) < 4.78 is 11.3. The number of halogens is 1. The average Bonchev–Trinajstić information content (AvgIpc) is 2.95. The fraction of sp³-hybridized carbons (Fsp3) is 0.375. The molecule has 0 fully saturated rings. The van der Waals surface area contributed by atoms with E-state index in [2.05, 4.69) is 18.1 Å². The molecule has 0 aliphatic heterocycles. The first-order valence-corrected chi connectivity index (χ1v) is 7.60. The van der Waals surface area contributed by atoms with E-state index in [0.717, 1.165) is 17.5 Å². The van der Waals surface area contributed by atoms with Gasteiger partial charge in [-0.2, -0.15) is 9.78 Å². The van der Waals surface area contributed by atoms with E-state index in [-0.39, 0.29) is 6.79 Å². The molecule has 1 aromatic carbocycles. The SMILES string of the molecule is CCCCc1[c]c(-c2ccc(Cl)cc2OCOC)n(C(=O)O)n1. The van der Waals surface area contributed by atoms with Crippen molar-refractivity contribution < 1.29 is 19.4 Å². The molecular weight excluding hydrogens is 320 g/mol. The van der Waals surface area contributed by atoms with Crippen LogP contribution in [0.25, 0.3) is 11.3 Å². The summed E-state index contributed by atoms with van der Waals surface area (Å²) in [6.07, 6.45) is 1.41. The third-order valence-corrected chi connectivity index (χ3v) is 3.41. The van der Waals surface area contributed by atoms with Gasteiger partial charge in [0.1, 0.15) is 5.75 Å². The highest BCUT2D eigenvalue weighted by atomic mass is 35.5. The van der Waals surface area contributed by atoms with Crippen LogP contribution in [0.4, 0.5) is 4.79 Å². The number of nitrogens with zero attached hydrogens (tertiary/aromatic N) is 2. The predicted octanol–water partition coefficient (Wildman–Crippen LogP) is 3.86. The largest absolute Gasteiger partial charge is 0.467 e. The van der Waals surface area contributed by atoms with Crippen molar-refractivity contribution in [3.8, 4) is 17.0 Å². The molecule has 0 saturated carbocycles. The van der Waals surface area contributed by atoms with Crippen molar-refractivity contribution in [1.82, 2.24) is 9.78 Å². The van der Waals surface area contributed by atoms with Crippen LogP contribution in [0.2, 0.25) is 5.02 Å². The molecule has 0 unspecified atom stereocenters. The Morgan fingerprint density at radius 2 is 2.26 bits per heavy atom. The summed E-state index contributed by atoms with van der Waals surface area (Å²) in [4.78, 5) is 11.5. The molecule has 0 atom stereocenters. The quantitative estimate of drug-likeness (QED) is 0.777. The summed E-state index contributed by atoms with van der Waals surface area (Å²) in [5, 5.41) is 14.0. The molecule has 2 rings (SSSR count). The van der Waals surface area contributed by atoms with Crippen LogP contribution >= 0.6 is 11.6 Å². The van der Waals surface area contributed by atoms with E-state index in [1.807, 2.05) is 0 Å². The predicted molar refractivity (Wildman–Crippen MR) is 86.0 cm³/mol. The molecule has 1 N–H and O–H groups in total. The number of rotatable bonds is 7. The summed E-state index contributed by atoms with van der Waals surface area (Å²) in [6.45, 7) is 2.09. The van der Waals surface area contributed by atoms with Gasteiger partial charge in [-0.05, 0) is 31.0 Å².